The van der Waals surface area contributed by atoms with E-state index in [2.05, 4.69) is 0 Å². The lowest BCUT2D eigenvalue weighted by Gasteiger charge is -2.12. The molecule has 0 saturated carbocycles. The number of aryl methyl sites for hydroxylation is 2. The predicted octanol–water partition coefficient (Wildman–Crippen LogP) is 2.43. The number of halogens is 1. The second-order valence-electron chi connectivity index (χ2n) is 5.09. The quantitative estimate of drug-likeness (QED) is 0.733. The lowest BCUT2D eigenvalue weighted by atomic mass is 10.1. The van der Waals surface area contributed by atoms with Crippen molar-refractivity contribution >= 4 is 29.6 Å². The van der Waals surface area contributed by atoms with E-state index in [1.54, 1.807) is 27.7 Å². The van der Waals surface area contributed by atoms with Gasteiger partial charge in [-0.05, 0) is 51.0 Å². The van der Waals surface area contributed by atoms with Gasteiger partial charge in [0.05, 0.1) is 15.9 Å². The first kappa shape index (κ1) is 18.3. The monoisotopic (exact) mass is 354 g/mol. The Morgan fingerprint density at radius 2 is 1.57 bits per heavy atom. The predicted molar refractivity (Wildman–Crippen MR) is 83.4 cm³/mol. The largest absolute Gasteiger partial charge is 0.493 e. The van der Waals surface area contributed by atoms with Crippen LogP contribution < -0.4 is 4.74 Å². The number of hydrogen-bond acceptors (Lipinski definition) is 5. The second kappa shape index (κ2) is 6.54. The smallest absolute Gasteiger partial charge is 0.261 e. The average molecular weight is 355 g/mol. The van der Waals surface area contributed by atoms with Crippen LogP contribution >= 0.6 is 10.7 Å². The van der Waals surface area contributed by atoms with Crippen LogP contribution in [-0.4, -0.2) is 34.4 Å². The highest BCUT2D eigenvalue weighted by Crippen LogP contribution is 2.28. The van der Waals surface area contributed by atoms with Crippen LogP contribution in [-0.2, 0) is 18.9 Å². The van der Waals surface area contributed by atoms with E-state index in [4.69, 9.17) is 15.4 Å². The van der Waals surface area contributed by atoms with Crippen LogP contribution in [0.5, 0.6) is 5.75 Å². The zero-order valence-electron chi connectivity index (χ0n) is 12.4. The van der Waals surface area contributed by atoms with Crippen molar-refractivity contribution in [1.82, 2.24) is 0 Å². The van der Waals surface area contributed by atoms with Crippen LogP contribution in [0.3, 0.4) is 0 Å². The highest BCUT2D eigenvalue weighted by atomic mass is 35.7. The van der Waals surface area contributed by atoms with Gasteiger partial charge < -0.3 is 4.74 Å². The third-order valence-corrected chi connectivity index (χ3v) is 6.80. The van der Waals surface area contributed by atoms with Crippen molar-refractivity contribution in [1.29, 1.82) is 0 Å². The number of ether oxygens (including phenoxy) is 1. The molecule has 0 heterocycles. The molecule has 0 amide bonds. The highest BCUT2D eigenvalue weighted by Gasteiger charge is 2.19. The van der Waals surface area contributed by atoms with Crippen molar-refractivity contribution in [3.05, 3.63) is 23.3 Å². The number of hydrogen-bond donors (Lipinski definition) is 0. The van der Waals surface area contributed by atoms with Gasteiger partial charge >= 0.3 is 0 Å². The summed E-state index contributed by atoms with van der Waals surface area (Å²) in [7, 11) is -1.60. The third-order valence-electron chi connectivity index (χ3n) is 3.03. The molecule has 0 fully saturated rings. The Labute approximate surface area is 130 Å². The van der Waals surface area contributed by atoms with E-state index in [-0.39, 0.29) is 17.3 Å². The highest BCUT2D eigenvalue weighted by molar-refractivity contribution is 8.13. The molecule has 0 radical (unpaired) electrons. The third kappa shape index (κ3) is 4.86. The maximum Gasteiger partial charge on any atom is 0.261 e. The molecule has 0 N–H and O–H groups in total. The van der Waals surface area contributed by atoms with Gasteiger partial charge in [-0.2, -0.15) is 0 Å². The normalized spacial score (nSPS) is 12.7. The summed E-state index contributed by atoms with van der Waals surface area (Å²) in [6, 6.07) is 3.06. The van der Waals surface area contributed by atoms with E-state index in [0.717, 1.165) is 0 Å². The summed E-state index contributed by atoms with van der Waals surface area (Å²) in [5, 5.41) is -0.451. The van der Waals surface area contributed by atoms with E-state index < -0.39 is 24.1 Å². The molecule has 0 aliphatic rings. The van der Waals surface area contributed by atoms with Crippen molar-refractivity contribution in [2.75, 3.05) is 12.4 Å². The molecular weight excluding hydrogens is 336 g/mol. The van der Waals surface area contributed by atoms with Gasteiger partial charge in [0.25, 0.3) is 9.05 Å². The van der Waals surface area contributed by atoms with Crippen molar-refractivity contribution in [2.45, 2.75) is 37.8 Å². The van der Waals surface area contributed by atoms with E-state index in [1.165, 1.54) is 12.1 Å². The zero-order valence-corrected chi connectivity index (χ0v) is 14.8. The fourth-order valence-corrected chi connectivity index (χ4v) is 4.29. The van der Waals surface area contributed by atoms with Crippen molar-refractivity contribution < 1.29 is 21.6 Å². The molecule has 0 aliphatic carbocycles. The summed E-state index contributed by atoms with van der Waals surface area (Å²) < 4.78 is 51.6. The van der Waals surface area contributed by atoms with Crippen LogP contribution in [0.25, 0.3) is 0 Å². The fraction of sp³-hybridized carbons (Fsp3) is 0.538. The molecule has 0 aromatic heterocycles. The van der Waals surface area contributed by atoms with Crippen molar-refractivity contribution in [3.8, 4) is 5.75 Å². The molecule has 0 unspecified atom stereocenters. The first-order chi connectivity index (χ1) is 9.45. The maximum absolute atomic E-state index is 11.7. The Morgan fingerprint density at radius 3 is 1.95 bits per heavy atom. The minimum atomic E-state index is -3.82. The molecule has 1 aromatic carbocycles. The van der Waals surface area contributed by atoms with Gasteiger partial charge in [-0.1, -0.05) is 0 Å². The Balaban J connectivity index is 2.89. The maximum atomic E-state index is 11.7. The van der Waals surface area contributed by atoms with Gasteiger partial charge in [0, 0.05) is 10.7 Å². The van der Waals surface area contributed by atoms with E-state index in [9.17, 15) is 16.8 Å². The molecule has 0 bridgehead atoms. The summed E-state index contributed by atoms with van der Waals surface area (Å²) in [5.74, 6) is 0.339. The Bertz CT molecular complexity index is 698. The first-order valence-corrected chi connectivity index (χ1v) is 10.4. The van der Waals surface area contributed by atoms with Crippen LogP contribution in [0.4, 0.5) is 0 Å². The number of rotatable bonds is 6. The first-order valence-electron chi connectivity index (χ1n) is 6.35. The minimum Gasteiger partial charge on any atom is -0.493 e. The molecular formula is C13H19ClO5S2. The SMILES string of the molecule is Cc1cc(OCCS(=O)(=O)C(C)C)cc(C)c1S(=O)(=O)Cl. The molecule has 1 aromatic rings. The summed E-state index contributed by atoms with van der Waals surface area (Å²) in [6.07, 6.45) is 0. The topological polar surface area (TPSA) is 77.5 Å². The molecule has 0 atom stereocenters. The molecule has 0 spiro atoms. The van der Waals surface area contributed by atoms with Gasteiger partial charge in [-0.25, -0.2) is 16.8 Å². The van der Waals surface area contributed by atoms with Gasteiger partial charge in [0.2, 0.25) is 0 Å². The lowest BCUT2D eigenvalue weighted by molar-refractivity contribution is 0.340. The van der Waals surface area contributed by atoms with Crippen LogP contribution in [0, 0.1) is 13.8 Å². The minimum absolute atomic E-state index is 0.0202. The standard InChI is InChI=1S/C13H19ClO5S2/c1-9(2)20(15,16)6-5-19-12-7-10(3)13(11(4)8-12)21(14,17)18/h7-9H,5-6H2,1-4H3. The molecule has 21 heavy (non-hydrogen) atoms. The van der Waals surface area contributed by atoms with E-state index >= 15 is 0 Å². The average Bonchev–Trinajstić information content (AvgIpc) is 2.25. The molecule has 1 rings (SSSR count). The molecule has 5 nitrogen and oxygen atoms in total. The van der Waals surface area contributed by atoms with E-state index in [0.29, 0.717) is 16.9 Å². The zero-order chi connectivity index (χ0) is 16.4. The molecule has 8 heteroatoms. The fourth-order valence-electron chi connectivity index (χ4n) is 1.89. The molecule has 0 saturated heterocycles. The molecule has 0 aliphatic heterocycles. The summed E-state index contributed by atoms with van der Waals surface area (Å²) in [4.78, 5) is 0.0614. The van der Waals surface area contributed by atoms with Crippen LogP contribution in [0.1, 0.15) is 25.0 Å². The van der Waals surface area contributed by atoms with Gasteiger partial charge in [0.15, 0.2) is 9.84 Å². The summed E-state index contributed by atoms with van der Waals surface area (Å²) in [6.45, 7) is 6.47. The Hall–Kier alpha value is -0.790. The lowest BCUT2D eigenvalue weighted by Crippen LogP contribution is -2.22. The van der Waals surface area contributed by atoms with Gasteiger partial charge in [-0.3, -0.25) is 0 Å². The van der Waals surface area contributed by atoms with Crippen molar-refractivity contribution in [2.24, 2.45) is 0 Å². The van der Waals surface area contributed by atoms with Crippen molar-refractivity contribution in [3.63, 3.8) is 0 Å². The van der Waals surface area contributed by atoms with Gasteiger partial charge in [0.1, 0.15) is 12.4 Å². The summed E-state index contributed by atoms with van der Waals surface area (Å²) in [5.41, 5.74) is 0.929. The Kier molecular flexibility index (Phi) is 5.69. The summed E-state index contributed by atoms with van der Waals surface area (Å²) >= 11 is 0. The van der Waals surface area contributed by atoms with Crippen LogP contribution in [0.2, 0.25) is 0 Å². The second-order valence-corrected chi connectivity index (χ2v) is 10.3. The van der Waals surface area contributed by atoms with E-state index in [1.807, 2.05) is 0 Å². The Morgan fingerprint density at radius 1 is 1.10 bits per heavy atom. The number of sulfone groups is 1. The van der Waals surface area contributed by atoms with Gasteiger partial charge in [-0.15, -0.1) is 0 Å². The van der Waals surface area contributed by atoms with Crippen LogP contribution in [0.15, 0.2) is 17.0 Å². The molecule has 120 valence electrons. The number of benzene rings is 1.